The molecule has 2 N–H and O–H groups in total. The Morgan fingerprint density at radius 1 is 1.36 bits per heavy atom. The van der Waals surface area contributed by atoms with E-state index in [0.717, 1.165) is 31.6 Å². The van der Waals surface area contributed by atoms with E-state index in [1.54, 1.807) is 0 Å². The van der Waals surface area contributed by atoms with Crippen LogP contribution in [0.2, 0.25) is 0 Å². The van der Waals surface area contributed by atoms with Gasteiger partial charge in [0.15, 0.2) is 0 Å². The summed E-state index contributed by atoms with van der Waals surface area (Å²) in [6, 6.07) is 0. The van der Waals surface area contributed by atoms with Gasteiger partial charge in [-0.3, -0.25) is 4.79 Å². The molecule has 0 bridgehead atoms. The van der Waals surface area contributed by atoms with Gasteiger partial charge >= 0.3 is 5.97 Å². The van der Waals surface area contributed by atoms with Crippen molar-refractivity contribution >= 4 is 5.97 Å². The van der Waals surface area contributed by atoms with Crippen LogP contribution in [-0.4, -0.2) is 22.3 Å². The van der Waals surface area contributed by atoms with Crippen molar-refractivity contribution in [1.82, 2.24) is 0 Å². The van der Waals surface area contributed by atoms with Crippen LogP contribution in [0.3, 0.4) is 0 Å². The van der Waals surface area contributed by atoms with Crippen LogP contribution in [0.1, 0.15) is 65.2 Å². The molecule has 2 aliphatic carbocycles. The Morgan fingerprint density at radius 3 is 2.88 bits per heavy atom. The summed E-state index contributed by atoms with van der Waals surface area (Å²) in [7, 11) is 0. The lowest BCUT2D eigenvalue weighted by Crippen LogP contribution is -2.15. The highest BCUT2D eigenvalue weighted by Crippen LogP contribution is 2.50. The zero-order valence-corrected chi connectivity index (χ0v) is 15.6. The molecule has 0 aliphatic heterocycles. The van der Waals surface area contributed by atoms with Crippen molar-refractivity contribution < 1.29 is 15.0 Å². The van der Waals surface area contributed by atoms with Crippen molar-refractivity contribution in [1.29, 1.82) is 0 Å². The third-order valence-electron chi connectivity index (χ3n) is 5.82. The highest BCUT2D eigenvalue weighted by atomic mass is 16.4. The Hall–Kier alpha value is -1.53. The predicted molar refractivity (Wildman–Crippen MR) is 101 cm³/mol. The molecule has 0 aromatic rings. The summed E-state index contributed by atoms with van der Waals surface area (Å²) in [4.78, 5) is 10.6. The number of carboxylic acids is 1. The van der Waals surface area contributed by atoms with Crippen molar-refractivity contribution in [2.24, 2.45) is 23.7 Å². The smallest absolute Gasteiger partial charge is 0.303 e. The summed E-state index contributed by atoms with van der Waals surface area (Å²) in [5.41, 5.74) is 1.52. The van der Waals surface area contributed by atoms with Gasteiger partial charge in [-0.25, -0.2) is 0 Å². The number of rotatable bonds is 8. The number of hydrogen-bond acceptors (Lipinski definition) is 2. The number of unbranched alkanes of at least 4 members (excludes halogenated alkanes) is 1. The molecular formula is C22H32O3. The van der Waals surface area contributed by atoms with E-state index in [1.165, 1.54) is 24.8 Å². The molecule has 0 saturated heterocycles. The van der Waals surface area contributed by atoms with Crippen molar-refractivity contribution in [2.75, 3.05) is 0 Å². The van der Waals surface area contributed by atoms with E-state index in [0.29, 0.717) is 11.8 Å². The topological polar surface area (TPSA) is 57.5 Å². The average Bonchev–Trinajstić information content (AvgIpc) is 3.14. The second-order valence-electron chi connectivity index (χ2n) is 7.71. The Balaban J connectivity index is 1.82. The summed E-state index contributed by atoms with van der Waals surface area (Å²) < 4.78 is 0. The van der Waals surface area contributed by atoms with Gasteiger partial charge in [0.05, 0.1) is 6.10 Å². The molecule has 2 rings (SSSR count). The monoisotopic (exact) mass is 344 g/mol. The van der Waals surface area contributed by atoms with Gasteiger partial charge in [0.2, 0.25) is 0 Å². The van der Waals surface area contributed by atoms with E-state index >= 15 is 0 Å². The molecule has 5 atom stereocenters. The zero-order valence-electron chi connectivity index (χ0n) is 15.6. The fourth-order valence-corrected chi connectivity index (χ4v) is 4.27. The second kappa shape index (κ2) is 9.82. The van der Waals surface area contributed by atoms with Crippen molar-refractivity contribution in [3.8, 4) is 11.8 Å². The van der Waals surface area contributed by atoms with Crippen molar-refractivity contribution in [2.45, 2.75) is 71.3 Å². The molecule has 3 heteroatoms. The molecule has 0 spiro atoms. The van der Waals surface area contributed by atoms with Gasteiger partial charge in [-0.2, -0.15) is 0 Å². The lowest BCUT2D eigenvalue weighted by Gasteiger charge is -2.17. The number of fused-ring (bicyclic) bond motifs is 1. The molecule has 0 aromatic heterocycles. The molecule has 138 valence electrons. The third-order valence-corrected chi connectivity index (χ3v) is 5.82. The van der Waals surface area contributed by atoms with Crippen molar-refractivity contribution in [3.05, 3.63) is 23.8 Å². The fraction of sp³-hybridized carbons (Fsp3) is 0.682. The highest BCUT2D eigenvalue weighted by molar-refractivity contribution is 5.66. The average molecular weight is 344 g/mol. The maximum Gasteiger partial charge on any atom is 0.303 e. The van der Waals surface area contributed by atoms with Gasteiger partial charge in [0, 0.05) is 12.8 Å². The second-order valence-corrected chi connectivity index (χ2v) is 7.71. The first-order valence-electron chi connectivity index (χ1n) is 9.67. The minimum Gasteiger partial charge on any atom is -0.481 e. The molecule has 0 amide bonds. The van der Waals surface area contributed by atoms with Gasteiger partial charge in [-0.15, -0.1) is 11.8 Å². The van der Waals surface area contributed by atoms with Crippen LogP contribution in [0, 0.1) is 35.5 Å². The van der Waals surface area contributed by atoms with E-state index in [2.05, 4.69) is 24.0 Å². The number of aliphatic hydroxyl groups excluding tert-OH is 1. The summed E-state index contributed by atoms with van der Waals surface area (Å²) in [5, 5.41) is 19.0. The minimum absolute atomic E-state index is 0.175. The van der Waals surface area contributed by atoms with E-state index in [9.17, 15) is 9.90 Å². The molecule has 2 fully saturated rings. The first-order valence-corrected chi connectivity index (χ1v) is 9.67. The number of allylic oxidation sites excluding steroid dienone is 3. The maximum atomic E-state index is 10.6. The van der Waals surface area contributed by atoms with Gasteiger partial charge in [-0.05, 0) is 69.1 Å². The molecule has 3 nitrogen and oxygen atoms in total. The molecule has 2 saturated carbocycles. The van der Waals surface area contributed by atoms with Crippen LogP contribution in [0.25, 0.3) is 0 Å². The maximum absolute atomic E-state index is 10.6. The highest BCUT2D eigenvalue weighted by Gasteiger charge is 2.39. The number of carbonyl (C=O) groups is 1. The van der Waals surface area contributed by atoms with Crippen LogP contribution < -0.4 is 0 Å². The molecule has 25 heavy (non-hydrogen) atoms. The predicted octanol–water partition coefficient (Wildman–Crippen LogP) is 4.57. The van der Waals surface area contributed by atoms with E-state index in [1.807, 2.05) is 19.9 Å². The molecule has 0 radical (unpaired) electrons. The van der Waals surface area contributed by atoms with Gasteiger partial charge in [0.25, 0.3) is 0 Å². The third kappa shape index (κ3) is 6.04. The first-order chi connectivity index (χ1) is 12.0. The van der Waals surface area contributed by atoms with Crippen LogP contribution in [0.15, 0.2) is 23.8 Å². The lowest BCUT2D eigenvalue weighted by atomic mass is 9.90. The first kappa shape index (κ1) is 19.8. The quantitative estimate of drug-likeness (QED) is 0.385. The molecule has 2 aliphatic rings. The summed E-state index contributed by atoms with van der Waals surface area (Å²) in [6.07, 6.45) is 13.6. The summed E-state index contributed by atoms with van der Waals surface area (Å²) >= 11 is 0. The largest absolute Gasteiger partial charge is 0.481 e. The Kier molecular flexibility index (Phi) is 7.78. The molecule has 0 aromatic carbocycles. The van der Waals surface area contributed by atoms with Crippen molar-refractivity contribution in [3.63, 3.8) is 0 Å². The van der Waals surface area contributed by atoms with Crippen LogP contribution in [-0.2, 0) is 4.79 Å². The zero-order chi connectivity index (χ0) is 18.2. The van der Waals surface area contributed by atoms with Crippen LogP contribution in [0.4, 0.5) is 0 Å². The lowest BCUT2D eigenvalue weighted by molar-refractivity contribution is -0.137. The van der Waals surface area contributed by atoms with E-state index < -0.39 is 12.1 Å². The van der Waals surface area contributed by atoms with Gasteiger partial charge in [-0.1, -0.05) is 30.7 Å². The summed E-state index contributed by atoms with van der Waals surface area (Å²) in [6.45, 7) is 3.88. The number of aliphatic carboxylic acids is 1. The molecule has 0 heterocycles. The number of aliphatic hydroxyl groups is 1. The summed E-state index contributed by atoms with van der Waals surface area (Å²) in [5.74, 6) is 7.47. The standard InChI is InChI=1S/C22H32O3/c1-3-4-7-16(2)21(23)13-12-18-10-11-19-14-17(15-20(18)19)8-5-6-9-22(24)25/h8,12-13,16,18-21,23H,5-7,9-11,14-15H2,1-2H3,(H,24,25)/b13-12+,17-8+/t16?,18-,19-,20?,21-/m1/s1. The van der Waals surface area contributed by atoms with Gasteiger partial charge < -0.3 is 10.2 Å². The molecule has 2 unspecified atom stereocenters. The SMILES string of the molecule is CC#CCC(C)[C@H](O)/C=C/[C@H]1CC[C@@H]2C/C(=C\CCCC(=O)O)CC21. The fourth-order valence-electron chi connectivity index (χ4n) is 4.27. The Labute approximate surface area is 152 Å². The van der Waals surface area contributed by atoms with Gasteiger partial charge in [0.1, 0.15) is 0 Å². The Morgan fingerprint density at radius 2 is 2.16 bits per heavy atom. The Bertz CT molecular complexity index is 564. The molecular weight excluding hydrogens is 312 g/mol. The normalized spacial score (nSPS) is 29.4. The van der Waals surface area contributed by atoms with Crippen LogP contribution >= 0.6 is 0 Å². The van der Waals surface area contributed by atoms with E-state index in [-0.39, 0.29) is 12.3 Å². The number of carboxylic acid groups (broad SMARTS) is 1. The minimum atomic E-state index is -0.704. The van der Waals surface area contributed by atoms with E-state index in [4.69, 9.17) is 5.11 Å². The number of hydrogen-bond donors (Lipinski definition) is 2. The van der Waals surface area contributed by atoms with Crippen LogP contribution in [0.5, 0.6) is 0 Å².